The Morgan fingerprint density at radius 1 is 1.21 bits per heavy atom. The molecule has 0 aliphatic rings. The number of amides is 1. The van der Waals surface area contributed by atoms with Crippen LogP contribution in [0.3, 0.4) is 0 Å². The van der Waals surface area contributed by atoms with Gasteiger partial charge in [0.05, 0.1) is 11.9 Å². The molecule has 1 aromatic heterocycles. The molecule has 0 aliphatic heterocycles. The number of nitrogens with two attached hydrogens (primary N) is 1. The van der Waals surface area contributed by atoms with E-state index in [0.29, 0.717) is 29.1 Å². The van der Waals surface area contributed by atoms with Crippen molar-refractivity contribution in [3.63, 3.8) is 0 Å². The Morgan fingerprint density at radius 3 is 2.58 bits per heavy atom. The maximum Gasteiger partial charge on any atom is 0.272 e. The summed E-state index contributed by atoms with van der Waals surface area (Å²) in [4.78, 5) is 12.8. The minimum Gasteiger partial charge on any atom is -0.384 e. The standard InChI is InChI=1S/C22H26N6O4S/c1-3-32-22(21(29)25-14-15-7-9-16(10-8-15)20(23)24)28-12-11-19(26-28)17-5-4-6-18(13-17)27-33(2,30)31/h4-13,22,27H,3,14H2,1-2H3,(H3,23,24)(H,25,29). The van der Waals surface area contributed by atoms with E-state index >= 15 is 0 Å². The van der Waals surface area contributed by atoms with Gasteiger partial charge in [-0.15, -0.1) is 0 Å². The molecule has 0 bridgehead atoms. The summed E-state index contributed by atoms with van der Waals surface area (Å²) in [5.74, 6) is -0.385. The molecule has 0 saturated heterocycles. The predicted molar refractivity (Wildman–Crippen MR) is 126 cm³/mol. The smallest absolute Gasteiger partial charge is 0.272 e. The molecule has 3 rings (SSSR count). The average molecular weight is 471 g/mol. The third kappa shape index (κ3) is 6.64. The second-order valence-corrected chi connectivity index (χ2v) is 9.02. The van der Waals surface area contributed by atoms with Crippen LogP contribution in [0, 0.1) is 5.41 Å². The quantitative estimate of drug-likeness (QED) is 0.263. The Morgan fingerprint density at radius 2 is 1.94 bits per heavy atom. The van der Waals surface area contributed by atoms with Gasteiger partial charge in [-0.1, -0.05) is 36.4 Å². The van der Waals surface area contributed by atoms with Crippen LogP contribution in [0.4, 0.5) is 5.69 Å². The molecule has 3 aromatic rings. The van der Waals surface area contributed by atoms with Crippen LogP contribution in [0.25, 0.3) is 11.3 Å². The van der Waals surface area contributed by atoms with E-state index in [9.17, 15) is 13.2 Å². The Kier molecular flexibility index (Phi) is 7.46. The van der Waals surface area contributed by atoms with Gasteiger partial charge in [0.1, 0.15) is 5.84 Å². The topological polar surface area (TPSA) is 152 Å². The van der Waals surface area contributed by atoms with Crippen LogP contribution in [0.2, 0.25) is 0 Å². The zero-order valence-electron chi connectivity index (χ0n) is 18.3. The van der Waals surface area contributed by atoms with Crippen LogP contribution < -0.4 is 15.8 Å². The number of anilines is 1. The number of benzene rings is 2. The predicted octanol–water partition coefficient (Wildman–Crippen LogP) is 2.06. The van der Waals surface area contributed by atoms with Crippen molar-refractivity contribution in [3.8, 4) is 11.3 Å². The van der Waals surface area contributed by atoms with Gasteiger partial charge < -0.3 is 15.8 Å². The molecule has 5 N–H and O–H groups in total. The Balaban J connectivity index is 1.73. The zero-order valence-corrected chi connectivity index (χ0v) is 19.1. The molecule has 174 valence electrons. The molecule has 2 aromatic carbocycles. The number of ether oxygens (including phenoxy) is 1. The monoisotopic (exact) mass is 470 g/mol. The first-order valence-electron chi connectivity index (χ1n) is 10.1. The van der Waals surface area contributed by atoms with Crippen molar-refractivity contribution in [1.29, 1.82) is 5.41 Å². The van der Waals surface area contributed by atoms with Crippen LogP contribution in [-0.2, 0) is 26.1 Å². The van der Waals surface area contributed by atoms with Crippen molar-refractivity contribution < 1.29 is 17.9 Å². The Bertz CT molecular complexity index is 1240. The average Bonchev–Trinajstić information content (AvgIpc) is 3.25. The number of aromatic nitrogens is 2. The summed E-state index contributed by atoms with van der Waals surface area (Å²) in [5, 5.41) is 14.7. The number of nitrogens with zero attached hydrogens (tertiary/aromatic N) is 2. The third-order valence-electron chi connectivity index (χ3n) is 4.59. The molecule has 0 radical (unpaired) electrons. The van der Waals surface area contributed by atoms with Crippen LogP contribution in [0.15, 0.2) is 60.8 Å². The first-order chi connectivity index (χ1) is 15.7. The van der Waals surface area contributed by atoms with E-state index in [1.165, 1.54) is 4.68 Å². The lowest BCUT2D eigenvalue weighted by atomic mass is 10.1. The van der Waals surface area contributed by atoms with Gasteiger partial charge in [0.2, 0.25) is 16.3 Å². The molecular formula is C22H26N6O4S. The highest BCUT2D eigenvalue weighted by molar-refractivity contribution is 7.92. The fourth-order valence-corrected chi connectivity index (χ4v) is 3.64. The van der Waals surface area contributed by atoms with E-state index in [1.54, 1.807) is 67.7 Å². The van der Waals surface area contributed by atoms with Crippen LogP contribution in [0.1, 0.15) is 24.3 Å². The number of hydrogen-bond acceptors (Lipinski definition) is 6. The molecular weight excluding hydrogens is 444 g/mol. The zero-order chi connectivity index (χ0) is 24.0. The highest BCUT2D eigenvalue weighted by atomic mass is 32.2. The third-order valence-corrected chi connectivity index (χ3v) is 5.20. The van der Waals surface area contributed by atoms with Gasteiger partial charge in [-0.3, -0.25) is 14.9 Å². The van der Waals surface area contributed by atoms with Crippen molar-refractivity contribution in [1.82, 2.24) is 15.1 Å². The maximum absolute atomic E-state index is 12.8. The minimum absolute atomic E-state index is 0.0193. The van der Waals surface area contributed by atoms with Gasteiger partial charge in [-0.05, 0) is 30.7 Å². The van der Waals surface area contributed by atoms with Crippen LogP contribution in [-0.4, -0.2) is 42.8 Å². The lowest BCUT2D eigenvalue weighted by Gasteiger charge is -2.17. The molecule has 0 aliphatic carbocycles. The normalized spacial score (nSPS) is 12.2. The van der Waals surface area contributed by atoms with Crippen molar-refractivity contribution in [2.24, 2.45) is 5.73 Å². The van der Waals surface area contributed by atoms with Gasteiger partial charge in [-0.2, -0.15) is 5.10 Å². The summed E-state index contributed by atoms with van der Waals surface area (Å²) in [5.41, 5.74) is 8.58. The van der Waals surface area contributed by atoms with Gasteiger partial charge >= 0.3 is 0 Å². The number of rotatable bonds is 10. The maximum atomic E-state index is 12.8. The number of sulfonamides is 1. The summed E-state index contributed by atoms with van der Waals surface area (Å²) in [6, 6.07) is 15.5. The molecule has 1 amide bonds. The molecule has 10 nitrogen and oxygen atoms in total. The van der Waals surface area contributed by atoms with E-state index in [0.717, 1.165) is 11.8 Å². The van der Waals surface area contributed by atoms with E-state index in [-0.39, 0.29) is 18.3 Å². The van der Waals surface area contributed by atoms with E-state index in [1.807, 2.05) is 0 Å². The van der Waals surface area contributed by atoms with Gasteiger partial charge in [0, 0.05) is 36.2 Å². The molecule has 1 unspecified atom stereocenters. The summed E-state index contributed by atoms with van der Waals surface area (Å²) in [7, 11) is -3.40. The molecule has 33 heavy (non-hydrogen) atoms. The van der Waals surface area contributed by atoms with Crippen molar-refractivity contribution in [2.45, 2.75) is 19.7 Å². The van der Waals surface area contributed by atoms with E-state index in [2.05, 4.69) is 15.1 Å². The first-order valence-corrected chi connectivity index (χ1v) is 12.0. The van der Waals surface area contributed by atoms with Crippen molar-refractivity contribution >= 4 is 27.5 Å². The fraction of sp³-hybridized carbons (Fsp3) is 0.227. The molecule has 11 heteroatoms. The SMILES string of the molecule is CCOC(C(=O)NCc1ccc(C(=N)N)cc1)n1ccc(-c2cccc(NS(C)(=O)=O)c2)n1. The number of nitrogen functional groups attached to an aromatic ring is 1. The largest absolute Gasteiger partial charge is 0.384 e. The number of hydrogen-bond donors (Lipinski definition) is 4. The number of carbonyl (C=O) groups excluding carboxylic acids is 1. The first kappa shape index (κ1) is 24.0. The molecule has 0 saturated carbocycles. The Hall–Kier alpha value is -3.70. The molecule has 1 heterocycles. The molecule has 1 atom stereocenters. The summed E-state index contributed by atoms with van der Waals surface area (Å²) in [6.07, 6.45) is 1.74. The van der Waals surface area contributed by atoms with Gasteiger partial charge in [0.15, 0.2) is 0 Å². The van der Waals surface area contributed by atoms with Gasteiger partial charge in [-0.25, -0.2) is 13.1 Å². The number of carbonyl (C=O) groups is 1. The lowest BCUT2D eigenvalue weighted by molar-refractivity contribution is -0.139. The van der Waals surface area contributed by atoms with Crippen molar-refractivity contribution in [2.75, 3.05) is 17.6 Å². The number of amidine groups is 1. The van der Waals surface area contributed by atoms with E-state index in [4.69, 9.17) is 15.9 Å². The fourth-order valence-electron chi connectivity index (χ4n) is 3.09. The highest BCUT2D eigenvalue weighted by Crippen LogP contribution is 2.23. The highest BCUT2D eigenvalue weighted by Gasteiger charge is 2.22. The second-order valence-electron chi connectivity index (χ2n) is 7.27. The van der Waals surface area contributed by atoms with Gasteiger partial charge in [0.25, 0.3) is 5.91 Å². The summed E-state index contributed by atoms with van der Waals surface area (Å²) < 4.78 is 32.5. The number of nitrogens with one attached hydrogen (secondary N) is 3. The van der Waals surface area contributed by atoms with E-state index < -0.39 is 16.3 Å². The Labute approximate surface area is 192 Å². The minimum atomic E-state index is -3.40. The van der Waals surface area contributed by atoms with Crippen LogP contribution >= 0.6 is 0 Å². The van der Waals surface area contributed by atoms with Crippen molar-refractivity contribution in [3.05, 3.63) is 71.9 Å². The van der Waals surface area contributed by atoms with Crippen LogP contribution in [0.5, 0.6) is 0 Å². The second kappa shape index (κ2) is 10.3. The summed E-state index contributed by atoms with van der Waals surface area (Å²) in [6.45, 7) is 2.35. The molecule has 0 spiro atoms. The lowest BCUT2D eigenvalue weighted by Crippen LogP contribution is -2.34. The molecule has 0 fully saturated rings. The summed E-state index contributed by atoms with van der Waals surface area (Å²) >= 11 is 0.